The van der Waals surface area contributed by atoms with Crippen LogP contribution in [0.1, 0.15) is 26.3 Å². The number of nitrogens with two attached hydrogens (primary N) is 1. The third-order valence-electron chi connectivity index (χ3n) is 3.40. The minimum atomic E-state index is -3.49. The van der Waals surface area contributed by atoms with E-state index in [2.05, 4.69) is 0 Å². The van der Waals surface area contributed by atoms with Crippen molar-refractivity contribution in [2.45, 2.75) is 31.1 Å². The highest BCUT2D eigenvalue weighted by atomic mass is 32.2. The van der Waals surface area contributed by atoms with Crippen LogP contribution in [0.15, 0.2) is 23.1 Å². The molecule has 0 aliphatic carbocycles. The predicted octanol–water partition coefficient (Wildman–Crippen LogP) is 1.59. The molecule has 1 heterocycles. The number of morpholine rings is 1. The lowest BCUT2D eigenvalue weighted by molar-refractivity contribution is 0.0730. The van der Waals surface area contributed by atoms with Crippen molar-refractivity contribution in [3.63, 3.8) is 0 Å². The number of benzene rings is 1. The molecule has 1 aliphatic rings. The van der Waals surface area contributed by atoms with Gasteiger partial charge in [0.1, 0.15) is 0 Å². The van der Waals surface area contributed by atoms with Crippen LogP contribution in [0.25, 0.3) is 0 Å². The van der Waals surface area contributed by atoms with Gasteiger partial charge in [-0.3, -0.25) is 0 Å². The van der Waals surface area contributed by atoms with E-state index in [1.54, 1.807) is 6.07 Å². The van der Waals surface area contributed by atoms with E-state index in [0.29, 0.717) is 32.0 Å². The number of nitrogens with zero attached hydrogens (tertiary/aromatic N) is 1. The zero-order chi connectivity index (χ0) is 15.0. The van der Waals surface area contributed by atoms with Gasteiger partial charge in [0, 0.05) is 18.8 Å². The number of ether oxygens (including phenoxy) is 1. The molecule has 5 nitrogen and oxygen atoms in total. The van der Waals surface area contributed by atoms with Gasteiger partial charge < -0.3 is 10.5 Å². The molecule has 1 saturated heterocycles. The fraction of sp³-hybridized carbons (Fsp3) is 0.571. The van der Waals surface area contributed by atoms with Gasteiger partial charge in [0.05, 0.1) is 18.1 Å². The second-order valence-electron chi connectivity index (χ2n) is 6.06. The largest absolute Gasteiger partial charge is 0.399 e. The molecule has 0 unspecified atom stereocenters. The second kappa shape index (κ2) is 5.35. The lowest BCUT2D eigenvalue weighted by Gasteiger charge is -2.27. The van der Waals surface area contributed by atoms with Crippen LogP contribution in [0.2, 0.25) is 0 Å². The second-order valence-corrected chi connectivity index (χ2v) is 8.00. The quantitative estimate of drug-likeness (QED) is 0.842. The molecule has 0 bridgehead atoms. The van der Waals surface area contributed by atoms with Crippen LogP contribution in [-0.4, -0.2) is 39.0 Å². The zero-order valence-corrected chi connectivity index (χ0v) is 13.0. The highest BCUT2D eigenvalue weighted by Crippen LogP contribution is 2.28. The molecule has 1 aliphatic heterocycles. The molecule has 2 rings (SSSR count). The molecule has 1 fully saturated rings. The summed E-state index contributed by atoms with van der Waals surface area (Å²) in [5, 5.41) is 0. The van der Waals surface area contributed by atoms with Gasteiger partial charge >= 0.3 is 0 Å². The number of sulfonamides is 1. The predicted molar refractivity (Wildman–Crippen MR) is 79.1 cm³/mol. The van der Waals surface area contributed by atoms with E-state index in [1.165, 1.54) is 10.4 Å². The third-order valence-corrected chi connectivity index (χ3v) is 5.28. The average molecular weight is 298 g/mol. The van der Waals surface area contributed by atoms with Crippen LogP contribution in [0.3, 0.4) is 0 Å². The van der Waals surface area contributed by atoms with E-state index in [4.69, 9.17) is 10.5 Å². The summed E-state index contributed by atoms with van der Waals surface area (Å²) in [6.07, 6.45) is 0. The molecule has 1 aromatic carbocycles. The number of nitrogen functional groups attached to an aromatic ring is 1. The molecule has 2 N–H and O–H groups in total. The van der Waals surface area contributed by atoms with Crippen molar-refractivity contribution in [3.05, 3.63) is 23.8 Å². The molecule has 20 heavy (non-hydrogen) atoms. The standard InChI is InChI=1S/C14H22N2O3S/c1-14(2,3)11-8-12(15)10-13(9-11)20(17,18)16-4-6-19-7-5-16/h8-10H,4-7,15H2,1-3H3. The fourth-order valence-corrected chi connectivity index (χ4v) is 3.63. The van der Waals surface area contributed by atoms with Crippen molar-refractivity contribution in [2.24, 2.45) is 0 Å². The highest BCUT2D eigenvalue weighted by molar-refractivity contribution is 7.89. The first-order valence-electron chi connectivity index (χ1n) is 6.70. The number of anilines is 1. The molecule has 0 aromatic heterocycles. The number of hydrogen-bond acceptors (Lipinski definition) is 4. The van der Waals surface area contributed by atoms with Crippen molar-refractivity contribution in [1.82, 2.24) is 4.31 Å². The van der Waals surface area contributed by atoms with Crippen LogP contribution in [-0.2, 0) is 20.2 Å². The lowest BCUT2D eigenvalue weighted by Crippen LogP contribution is -2.40. The molecule has 112 valence electrons. The van der Waals surface area contributed by atoms with E-state index in [0.717, 1.165) is 5.56 Å². The van der Waals surface area contributed by atoms with Crippen LogP contribution < -0.4 is 5.73 Å². The summed E-state index contributed by atoms with van der Waals surface area (Å²) in [5.74, 6) is 0. The summed E-state index contributed by atoms with van der Waals surface area (Å²) in [4.78, 5) is 0.268. The van der Waals surface area contributed by atoms with Gasteiger partial charge in [-0.05, 0) is 29.2 Å². The van der Waals surface area contributed by atoms with Gasteiger partial charge in [0.2, 0.25) is 10.0 Å². The Balaban J connectivity index is 2.43. The average Bonchev–Trinajstić information content (AvgIpc) is 2.38. The van der Waals surface area contributed by atoms with Crippen LogP contribution in [0.5, 0.6) is 0 Å². The molecule has 6 heteroatoms. The van der Waals surface area contributed by atoms with Gasteiger partial charge in [-0.2, -0.15) is 4.31 Å². The summed E-state index contributed by atoms with van der Waals surface area (Å²) in [6.45, 7) is 7.76. The maximum Gasteiger partial charge on any atom is 0.243 e. The summed E-state index contributed by atoms with van der Waals surface area (Å²) in [6, 6.07) is 5.08. The zero-order valence-electron chi connectivity index (χ0n) is 12.2. The van der Waals surface area contributed by atoms with Gasteiger partial charge in [-0.1, -0.05) is 20.8 Å². The first kappa shape index (κ1) is 15.3. The minimum Gasteiger partial charge on any atom is -0.399 e. The topological polar surface area (TPSA) is 72.6 Å². The first-order valence-corrected chi connectivity index (χ1v) is 8.14. The Labute approximate surface area is 120 Å². The molecule has 0 radical (unpaired) electrons. The van der Waals surface area contributed by atoms with Crippen molar-refractivity contribution >= 4 is 15.7 Å². The van der Waals surface area contributed by atoms with Crippen molar-refractivity contribution < 1.29 is 13.2 Å². The molecule has 0 spiro atoms. The van der Waals surface area contributed by atoms with Crippen molar-refractivity contribution in [1.29, 1.82) is 0 Å². The maximum absolute atomic E-state index is 12.6. The van der Waals surface area contributed by atoms with Gasteiger partial charge in [0.25, 0.3) is 0 Å². The summed E-state index contributed by atoms with van der Waals surface area (Å²) < 4.78 is 31.9. The van der Waals surface area contributed by atoms with Gasteiger partial charge in [-0.25, -0.2) is 8.42 Å². The molecular formula is C14H22N2O3S. The Morgan fingerprint density at radius 3 is 2.30 bits per heavy atom. The highest BCUT2D eigenvalue weighted by Gasteiger charge is 2.28. The molecule has 0 amide bonds. The molecular weight excluding hydrogens is 276 g/mol. The number of hydrogen-bond donors (Lipinski definition) is 1. The summed E-state index contributed by atoms with van der Waals surface area (Å²) in [5.41, 5.74) is 7.12. The van der Waals surface area contributed by atoms with Crippen molar-refractivity contribution in [2.75, 3.05) is 32.0 Å². The fourth-order valence-electron chi connectivity index (χ4n) is 2.14. The van der Waals surface area contributed by atoms with Gasteiger partial charge in [0.15, 0.2) is 0 Å². The minimum absolute atomic E-state index is 0.148. The molecule has 0 saturated carbocycles. The molecule has 1 aromatic rings. The van der Waals surface area contributed by atoms with Crippen LogP contribution in [0.4, 0.5) is 5.69 Å². The van der Waals surface area contributed by atoms with E-state index in [-0.39, 0.29) is 10.3 Å². The monoisotopic (exact) mass is 298 g/mol. The Hall–Kier alpha value is -1.11. The maximum atomic E-state index is 12.6. The normalized spacial score (nSPS) is 18.1. The van der Waals surface area contributed by atoms with Crippen LogP contribution >= 0.6 is 0 Å². The third kappa shape index (κ3) is 3.13. The van der Waals surface area contributed by atoms with E-state index in [1.807, 2.05) is 26.8 Å². The van der Waals surface area contributed by atoms with Crippen LogP contribution in [0, 0.1) is 0 Å². The Morgan fingerprint density at radius 1 is 1.15 bits per heavy atom. The lowest BCUT2D eigenvalue weighted by atomic mass is 9.87. The van der Waals surface area contributed by atoms with Gasteiger partial charge in [-0.15, -0.1) is 0 Å². The van der Waals surface area contributed by atoms with Crippen molar-refractivity contribution in [3.8, 4) is 0 Å². The smallest absolute Gasteiger partial charge is 0.243 e. The SMILES string of the molecule is CC(C)(C)c1cc(N)cc(S(=O)(=O)N2CCOCC2)c1. The Kier molecular flexibility index (Phi) is 4.09. The first-order chi connectivity index (χ1) is 9.21. The summed E-state index contributed by atoms with van der Waals surface area (Å²) >= 11 is 0. The van der Waals surface area contributed by atoms with E-state index in [9.17, 15) is 8.42 Å². The van der Waals surface area contributed by atoms with E-state index >= 15 is 0 Å². The Bertz CT molecular complexity index is 585. The molecule has 0 atom stereocenters. The Morgan fingerprint density at radius 2 is 1.75 bits per heavy atom. The summed E-state index contributed by atoms with van der Waals surface area (Å²) in [7, 11) is -3.49. The van der Waals surface area contributed by atoms with E-state index < -0.39 is 10.0 Å². The number of rotatable bonds is 2.